The molecule has 0 heterocycles. The summed E-state index contributed by atoms with van der Waals surface area (Å²) < 4.78 is 54.8. The van der Waals surface area contributed by atoms with Gasteiger partial charge in [-0.25, -0.2) is 22.0 Å². The molecule has 10 heteroatoms. The van der Waals surface area contributed by atoms with E-state index in [1.165, 1.54) is 19.2 Å². The number of primary sulfonamides is 1. The summed E-state index contributed by atoms with van der Waals surface area (Å²) in [5, 5.41) is 5.42. The number of benzene rings is 2. The van der Waals surface area contributed by atoms with Crippen LogP contribution in [0.1, 0.15) is 5.56 Å². The lowest BCUT2D eigenvalue weighted by Crippen LogP contribution is -2.15. The SMILES string of the molecule is COc1cc(Cl)c(C)cc1NS(=O)(=O)c1ccc(S(N)(=O)=O)cc1. The van der Waals surface area contributed by atoms with E-state index in [9.17, 15) is 16.8 Å². The van der Waals surface area contributed by atoms with Gasteiger partial charge in [-0.3, -0.25) is 4.72 Å². The number of methoxy groups -OCH3 is 1. The predicted molar refractivity (Wildman–Crippen MR) is 91.4 cm³/mol. The van der Waals surface area contributed by atoms with Crippen molar-refractivity contribution >= 4 is 37.3 Å². The van der Waals surface area contributed by atoms with E-state index in [0.29, 0.717) is 10.6 Å². The van der Waals surface area contributed by atoms with Gasteiger partial charge in [-0.1, -0.05) is 11.6 Å². The molecule has 0 aliphatic carbocycles. The van der Waals surface area contributed by atoms with E-state index in [4.69, 9.17) is 21.5 Å². The van der Waals surface area contributed by atoms with Crippen LogP contribution in [0.4, 0.5) is 5.69 Å². The van der Waals surface area contributed by atoms with E-state index in [1.54, 1.807) is 6.92 Å². The van der Waals surface area contributed by atoms with Gasteiger partial charge in [0.15, 0.2) is 0 Å². The molecule has 2 aromatic carbocycles. The van der Waals surface area contributed by atoms with Crippen molar-refractivity contribution in [2.75, 3.05) is 11.8 Å². The Morgan fingerprint density at radius 3 is 2.08 bits per heavy atom. The summed E-state index contributed by atoms with van der Waals surface area (Å²) in [7, 11) is -6.45. The van der Waals surface area contributed by atoms with Gasteiger partial charge in [-0.05, 0) is 42.8 Å². The molecule has 0 radical (unpaired) electrons. The van der Waals surface area contributed by atoms with E-state index in [0.717, 1.165) is 24.3 Å². The summed E-state index contributed by atoms with van der Waals surface area (Å²) >= 11 is 5.99. The summed E-state index contributed by atoms with van der Waals surface area (Å²) in [6.07, 6.45) is 0. The highest BCUT2D eigenvalue weighted by Crippen LogP contribution is 2.32. The van der Waals surface area contributed by atoms with Crippen LogP contribution >= 0.6 is 11.6 Å². The first-order valence-electron chi connectivity index (χ1n) is 6.54. The minimum Gasteiger partial charge on any atom is -0.495 e. The lowest BCUT2D eigenvalue weighted by molar-refractivity contribution is 0.417. The quantitative estimate of drug-likeness (QED) is 0.811. The molecule has 24 heavy (non-hydrogen) atoms. The van der Waals surface area contributed by atoms with Crippen molar-refractivity contribution in [2.45, 2.75) is 16.7 Å². The highest BCUT2D eigenvalue weighted by molar-refractivity contribution is 7.92. The number of nitrogens with one attached hydrogen (secondary N) is 1. The minimum atomic E-state index is -3.95. The maximum Gasteiger partial charge on any atom is 0.262 e. The Hall–Kier alpha value is -1.81. The topological polar surface area (TPSA) is 116 Å². The number of halogens is 1. The van der Waals surface area contributed by atoms with Crippen molar-refractivity contribution < 1.29 is 21.6 Å². The van der Waals surface area contributed by atoms with Gasteiger partial charge in [-0.15, -0.1) is 0 Å². The van der Waals surface area contributed by atoms with Crippen molar-refractivity contribution in [3.8, 4) is 5.75 Å². The summed E-state index contributed by atoms with van der Waals surface area (Å²) in [6, 6.07) is 7.58. The minimum absolute atomic E-state index is 0.121. The van der Waals surface area contributed by atoms with Gasteiger partial charge in [0.05, 0.1) is 22.6 Å². The van der Waals surface area contributed by atoms with Crippen LogP contribution in [0.15, 0.2) is 46.2 Å². The summed E-state index contributed by atoms with van der Waals surface area (Å²) in [5.74, 6) is 0.260. The van der Waals surface area contributed by atoms with Crippen LogP contribution in [0.5, 0.6) is 5.75 Å². The molecule has 2 aromatic rings. The zero-order valence-corrected chi connectivity index (χ0v) is 15.2. The van der Waals surface area contributed by atoms with Gasteiger partial charge in [0.1, 0.15) is 5.75 Å². The van der Waals surface area contributed by atoms with Gasteiger partial charge in [-0.2, -0.15) is 0 Å². The van der Waals surface area contributed by atoms with Gasteiger partial charge in [0.2, 0.25) is 10.0 Å². The number of nitrogens with two attached hydrogens (primary N) is 1. The van der Waals surface area contributed by atoms with Crippen molar-refractivity contribution in [2.24, 2.45) is 5.14 Å². The fourth-order valence-electron chi connectivity index (χ4n) is 1.92. The van der Waals surface area contributed by atoms with Crippen molar-refractivity contribution in [3.05, 3.63) is 47.0 Å². The number of hydrogen-bond donors (Lipinski definition) is 2. The highest BCUT2D eigenvalue weighted by atomic mass is 35.5. The van der Waals surface area contributed by atoms with Crippen LogP contribution in [-0.4, -0.2) is 23.9 Å². The first-order valence-corrected chi connectivity index (χ1v) is 9.95. The van der Waals surface area contributed by atoms with Crippen molar-refractivity contribution in [1.82, 2.24) is 0 Å². The third-order valence-corrected chi connectivity index (χ3v) is 5.91. The molecule has 0 bridgehead atoms. The second kappa shape index (κ2) is 6.60. The fourth-order valence-corrected chi connectivity index (χ4v) is 3.65. The average molecular weight is 391 g/mol. The molecule has 0 fully saturated rings. The lowest BCUT2D eigenvalue weighted by Gasteiger charge is -2.13. The van der Waals surface area contributed by atoms with Gasteiger partial charge in [0, 0.05) is 11.1 Å². The zero-order valence-electron chi connectivity index (χ0n) is 12.8. The molecular formula is C14H15ClN2O5S2. The molecule has 7 nitrogen and oxygen atoms in total. The van der Waals surface area contributed by atoms with Crippen LogP contribution in [0.25, 0.3) is 0 Å². The molecule has 2 rings (SSSR count). The summed E-state index contributed by atoms with van der Waals surface area (Å²) in [5.41, 5.74) is 0.884. The molecule has 0 spiro atoms. The molecule has 130 valence electrons. The zero-order chi connectivity index (χ0) is 18.1. The molecule has 3 N–H and O–H groups in total. The van der Waals surface area contributed by atoms with Crippen LogP contribution < -0.4 is 14.6 Å². The normalized spacial score (nSPS) is 12.0. The van der Waals surface area contributed by atoms with Gasteiger partial charge < -0.3 is 4.74 Å². The molecule has 0 aliphatic heterocycles. The Kier molecular flexibility index (Phi) is 5.09. The molecular weight excluding hydrogens is 376 g/mol. The maximum absolute atomic E-state index is 12.4. The molecule has 0 saturated carbocycles. The van der Waals surface area contributed by atoms with Crippen molar-refractivity contribution in [3.63, 3.8) is 0 Å². The van der Waals surface area contributed by atoms with E-state index in [1.807, 2.05) is 0 Å². The molecule has 0 aliphatic rings. The second-order valence-electron chi connectivity index (χ2n) is 4.92. The predicted octanol–water partition coefficient (Wildman–Crippen LogP) is 2.11. The second-order valence-corrected chi connectivity index (χ2v) is 8.57. The van der Waals surface area contributed by atoms with Gasteiger partial charge >= 0.3 is 0 Å². The standard InChI is InChI=1S/C14H15ClN2O5S2/c1-9-7-13(14(22-2)8-12(9)15)17-24(20,21)11-5-3-10(4-6-11)23(16,18)19/h3-8,17H,1-2H3,(H2,16,18,19). The van der Waals surface area contributed by atoms with Crippen LogP contribution in [-0.2, 0) is 20.0 Å². The highest BCUT2D eigenvalue weighted by Gasteiger charge is 2.18. The van der Waals surface area contributed by atoms with E-state index < -0.39 is 20.0 Å². The Bertz CT molecular complexity index is 971. The van der Waals surface area contributed by atoms with Crippen LogP contribution in [0.2, 0.25) is 5.02 Å². The largest absolute Gasteiger partial charge is 0.495 e. The molecule has 0 unspecified atom stereocenters. The molecule has 0 saturated heterocycles. The van der Waals surface area contributed by atoms with Crippen molar-refractivity contribution in [1.29, 1.82) is 0 Å². The first kappa shape index (κ1) is 18.5. The third-order valence-electron chi connectivity index (χ3n) is 3.19. The summed E-state index contributed by atoms with van der Waals surface area (Å²) in [6.45, 7) is 1.72. The number of sulfonamides is 2. The van der Waals surface area contributed by atoms with Gasteiger partial charge in [0.25, 0.3) is 10.0 Å². The first-order chi connectivity index (χ1) is 11.0. The maximum atomic E-state index is 12.4. The number of ether oxygens (including phenoxy) is 1. The summed E-state index contributed by atoms with van der Waals surface area (Å²) in [4.78, 5) is -0.300. The number of aryl methyl sites for hydroxylation is 1. The van der Waals surface area contributed by atoms with Crippen LogP contribution in [0, 0.1) is 6.92 Å². The Labute approximate surface area is 145 Å². The molecule has 0 amide bonds. The van der Waals surface area contributed by atoms with E-state index in [2.05, 4.69) is 4.72 Å². The lowest BCUT2D eigenvalue weighted by atomic mass is 10.2. The number of hydrogen-bond acceptors (Lipinski definition) is 5. The Balaban J connectivity index is 2.40. The fraction of sp³-hybridized carbons (Fsp3) is 0.143. The van der Waals surface area contributed by atoms with E-state index >= 15 is 0 Å². The Morgan fingerprint density at radius 2 is 1.58 bits per heavy atom. The third kappa shape index (κ3) is 3.99. The average Bonchev–Trinajstić information content (AvgIpc) is 2.49. The Morgan fingerprint density at radius 1 is 1.04 bits per heavy atom. The van der Waals surface area contributed by atoms with E-state index in [-0.39, 0.29) is 21.2 Å². The van der Waals surface area contributed by atoms with Crippen LogP contribution in [0.3, 0.4) is 0 Å². The number of rotatable bonds is 5. The monoisotopic (exact) mass is 390 g/mol. The smallest absolute Gasteiger partial charge is 0.262 e. The molecule has 0 atom stereocenters. The number of anilines is 1. The molecule has 0 aromatic heterocycles.